The van der Waals surface area contributed by atoms with Crippen LogP contribution in [0.25, 0.3) is 10.2 Å². The SMILES string of the molecule is Cc1cccc(Oc2c(C)ccnc2N2C(=O)Nc3c[s+](C(=O)[O-])c4nccc2c34)n1. The summed E-state index contributed by atoms with van der Waals surface area (Å²) in [6.45, 7) is 3.69. The minimum absolute atomic E-state index is 0.258. The molecule has 0 fully saturated rings. The number of carbonyl (C=O) groups is 2. The topological polar surface area (TPSA) is 120 Å². The van der Waals surface area contributed by atoms with Crippen LogP contribution in [0.5, 0.6) is 11.6 Å². The zero-order valence-corrected chi connectivity index (χ0v) is 17.3. The number of ether oxygens (including phenoxy) is 1. The van der Waals surface area contributed by atoms with Gasteiger partial charge in [0.15, 0.2) is 16.9 Å². The lowest BCUT2D eigenvalue weighted by Crippen LogP contribution is -2.34. The van der Waals surface area contributed by atoms with Crippen LogP contribution in [0.1, 0.15) is 11.3 Å². The number of carbonyl (C=O) groups excluding carboxylic acids is 2. The second kappa shape index (κ2) is 7.03. The number of amides is 2. The standard InChI is InChI=1S/C21H15N5O4S/c1-11-6-8-22-18(17(11)30-15-5-3-4-12(2)24-15)26-14-7-9-23-19-16(14)13(25-20(26)27)10-31(19)21(28)29/h3-10H,1-2H3,(H-,25,27,28,29). The number of hydrogen-bond acceptors (Lipinski definition) is 7. The molecular weight excluding hydrogens is 418 g/mol. The van der Waals surface area contributed by atoms with E-state index in [4.69, 9.17) is 4.74 Å². The van der Waals surface area contributed by atoms with Crippen molar-refractivity contribution in [1.29, 1.82) is 0 Å². The second-order valence-corrected chi connectivity index (χ2v) is 8.53. The highest BCUT2D eigenvalue weighted by Gasteiger charge is 2.36. The maximum atomic E-state index is 13.1. The van der Waals surface area contributed by atoms with E-state index < -0.39 is 21.8 Å². The van der Waals surface area contributed by atoms with Crippen LogP contribution in [-0.2, 0) is 0 Å². The lowest BCUT2D eigenvalue weighted by Gasteiger charge is -2.27. The Kier molecular flexibility index (Phi) is 4.29. The monoisotopic (exact) mass is 433 g/mol. The molecule has 0 saturated heterocycles. The van der Waals surface area contributed by atoms with E-state index in [0.29, 0.717) is 33.2 Å². The van der Waals surface area contributed by atoms with Gasteiger partial charge in [-0.05, 0) is 37.6 Å². The van der Waals surface area contributed by atoms with Gasteiger partial charge in [-0.2, -0.15) is 0 Å². The van der Waals surface area contributed by atoms with E-state index in [9.17, 15) is 14.7 Å². The molecule has 0 saturated carbocycles. The number of aromatic nitrogens is 3. The largest absolute Gasteiger partial charge is 0.500 e. The van der Waals surface area contributed by atoms with Gasteiger partial charge in [-0.25, -0.2) is 24.6 Å². The van der Waals surface area contributed by atoms with E-state index in [1.54, 1.807) is 24.4 Å². The maximum absolute atomic E-state index is 13.1. The Balaban J connectivity index is 1.70. The molecule has 4 aromatic rings. The summed E-state index contributed by atoms with van der Waals surface area (Å²) in [6.07, 6.45) is 3.05. The first-order valence-corrected chi connectivity index (χ1v) is 10.6. The average Bonchev–Trinajstić information content (AvgIpc) is 3.10. The van der Waals surface area contributed by atoms with Gasteiger partial charge in [0.2, 0.25) is 5.88 Å². The third kappa shape index (κ3) is 3.04. The fraction of sp³-hybridized carbons (Fsp3) is 0.0952. The quantitative estimate of drug-likeness (QED) is 0.482. The fourth-order valence-corrected chi connectivity index (χ4v) is 4.86. The van der Waals surface area contributed by atoms with Crippen molar-refractivity contribution in [3.8, 4) is 11.6 Å². The highest BCUT2D eigenvalue weighted by atomic mass is 32.2. The van der Waals surface area contributed by atoms with Gasteiger partial charge in [-0.15, -0.1) is 0 Å². The maximum Gasteiger partial charge on any atom is 0.332 e. The fourth-order valence-electron chi connectivity index (χ4n) is 3.48. The summed E-state index contributed by atoms with van der Waals surface area (Å²) in [5.74, 6) is 0.993. The summed E-state index contributed by atoms with van der Waals surface area (Å²) in [5.41, 5.74) is 2.41. The third-order valence-corrected chi connectivity index (χ3v) is 6.39. The molecule has 5 rings (SSSR count). The van der Waals surface area contributed by atoms with Crippen LogP contribution in [0, 0.1) is 13.8 Å². The molecule has 1 aliphatic rings. The molecule has 1 N–H and O–H groups in total. The van der Waals surface area contributed by atoms with Crippen LogP contribution in [0.4, 0.5) is 26.8 Å². The van der Waals surface area contributed by atoms with Crippen molar-refractivity contribution in [2.75, 3.05) is 10.2 Å². The number of carboxylic acid groups (broad SMARTS) is 1. The molecule has 0 radical (unpaired) electrons. The number of aryl methyl sites for hydroxylation is 2. The lowest BCUT2D eigenvalue weighted by atomic mass is 10.2. The van der Waals surface area contributed by atoms with Gasteiger partial charge in [0.1, 0.15) is 11.1 Å². The highest BCUT2D eigenvalue weighted by molar-refractivity contribution is 7.54. The molecule has 0 spiro atoms. The van der Waals surface area contributed by atoms with E-state index in [-0.39, 0.29) is 5.82 Å². The Morgan fingerprint density at radius 2 is 1.97 bits per heavy atom. The van der Waals surface area contributed by atoms with E-state index >= 15 is 0 Å². The molecule has 1 aliphatic heterocycles. The van der Waals surface area contributed by atoms with Gasteiger partial charge in [-0.1, -0.05) is 6.07 Å². The number of hydrogen-bond donors (Lipinski definition) is 1. The van der Waals surface area contributed by atoms with Crippen molar-refractivity contribution in [3.63, 3.8) is 0 Å². The molecule has 5 heterocycles. The third-order valence-electron chi connectivity index (χ3n) is 4.84. The molecule has 10 heteroatoms. The first-order valence-electron chi connectivity index (χ1n) is 9.27. The van der Waals surface area contributed by atoms with Crippen LogP contribution >= 0.6 is 10.5 Å². The van der Waals surface area contributed by atoms with Crippen molar-refractivity contribution in [2.45, 2.75) is 13.8 Å². The van der Waals surface area contributed by atoms with Gasteiger partial charge in [0.05, 0.1) is 16.2 Å². The predicted molar refractivity (Wildman–Crippen MR) is 114 cm³/mol. The Labute approximate surface area is 178 Å². The number of pyridine rings is 3. The average molecular weight is 433 g/mol. The smallest absolute Gasteiger partial charge is 0.332 e. The van der Waals surface area contributed by atoms with Crippen LogP contribution in [0.15, 0.2) is 48.1 Å². The molecule has 1 unspecified atom stereocenters. The van der Waals surface area contributed by atoms with Gasteiger partial charge in [-0.3, -0.25) is 0 Å². The Morgan fingerprint density at radius 3 is 2.74 bits per heavy atom. The van der Waals surface area contributed by atoms with E-state index in [1.807, 2.05) is 26.0 Å². The van der Waals surface area contributed by atoms with Gasteiger partial charge < -0.3 is 20.0 Å². The molecular formula is C21H15N5O4S. The van der Waals surface area contributed by atoms with Crippen LogP contribution < -0.4 is 20.1 Å². The van der Waals surface area contributed by atoms with Gasteiger partial charge >= 0.3 is 11.3 Å². The van der Waals surface area contributed by atoms with Crippen LogP contribution in [0.2, 0.25) is 0 Å². The number of thiophene rings is 1. The van der Waals surface area contributed by atoms with Crippen molar-refractivity contribution in [3.05, 3.63) is 59.4 Å². The molecule has 0 aromatic carbocycles. The van der Waals surface area contributed by atoms with Gasteiger partial charge in [0, 0.05) is 24.2 Å². The molecule has 4 aromatic heterocycles. The summed E-state index contributed by atoms with van der Waals surface area (Å²) in [5, 5.41) is 15.1. The number of anilines is 3. The number of urea groups is 1. The molecule has 9 nitrogen and oxygen atoms in total. The highest BCUT2D eigenvalue weighted by Crippen LogP contribution is 2.48. The predicted octanol–water partition coefficient (Wildman–Crippen LogP) is 4.06. The van der Waals surface area contributed by atoms with Crippen molar-refractivity contribution in [2.24, 2.45) is 0 Å². The summed E-state index contributed by atoms with van der Waals surface area (Å²) < 4.78 is 6.04. The molecule has 154 valence electrons. The van der Waals surface area contributed by atoms with Crippen LogP contribution in [-0.4, -0.2) is 26.3 Å². The Hall–Kier alpha value is -4.05. The minimum atomic E-state index is -1.35. The summed E-state index contributed by atoms with van der Waals surface area (Å²) in [7, 11) is -1.35. The van der Waals surface area contributed by atoms with Crippen molar-refractivity contribution in [1.82, 2.24) is 15.0 Å². The first-order chi connectivity index (χ1) is 14.9. The lowest BCUT2D eigenvalue weighted by molar-refractivity contribution is -0.233. The molecule has 0 bridgehead atoms. The van der Waals surface area contributed by atoms with E-state index in [2.05, 4.69) is 20.3 Å². The molecule has 2 amide bonds. The number of nitrogens with one attached hydrogen (secondary N) is 1. The number of rotatable bonds is 4. The molecule has 1 atom stereocenters. The Bertz CT molecular complexity index is 1380. The Morgan fingerprint density at radius 1 is 1.16 bits per heavy atom. The molecule has 31 heavy (non-hydrogen) atoms. The van der Waals surface area contributed by atoms with Crippen LogP contribution in [0.3, 0.4) is 0 Å². The summed E-state index contributed by atoms with van der Waals surface area (Å²) in [6, 6.07) is 8.32. The molecule has 0 aliphatic carbocycles. The summed E-state index contributed by atoms with van der Waals surface area (Å²) in [4.78, 5) is 39.3. The van der Waals surface area contributed by atoms with Gasteiger partial charge in [0.25, 0.3) is 4.83 Å². The second-order valence-electron chi connectivity index (χ2n) is 6.89. The normalized spacial score (nSPS) is 13.3. The van der Waals surface area contributed by atoms with E-state index in [0.717, 1.165) is 11.3 Å². The number of nitrogens with zero attached hydrogens (tertiary/aromatic N) is 4. The summed E-state index contributed by atoms with van der Waals surface area (Å²) >= 11 is 0. The van der Waals surface area contributed by atoms with Crippen molar-refractivity contribution >= 4 is 49.2 Å². The zero-order valence-electron chi connectivity index (χ0n) is 16.4. The first kappa shape index (κ1) is 18.9. The van der Waals surface area contributed by atoms with E-state index in [1.165, 1.54) is 16.5 Å². The minimum Gasteiger partial charge on any atom is -0.500 e. The zero-order chi connectivity index (χ0) is 21.7. The van der Waals surface area contributed by atoms with Crippen molar-refractivity contribution < 1.29 is 19.4 Å².